The first-order valence-corrected chi connectivity index (χ1v) is 7.34. The molecule has 0 bridgehead atoms. The molecule has 0 atom stereocenters. The zero-order valence-electron chi connectivity index (χ0n) is 12.9. The maximum absolute atomic E-state index is 12.3. The van der Waals surface area contributed by atoms with E-state index in [0.717, 1.165) is 5.69 Å². The van der Waals surface area contributed by atoms with Crippen molar-refractivity contribution in [2.45, 2.75) is 26.3 Å². The normalized spacial score (nSPS) is 11.1. The van der Waals surface area contributed by atoms with Crippen molar-refractivity contribution in [3.05, 3.63) is 52.7 Å². The predicted molar refractivity (Wildman–Crippen MR) is 87.3 cm³/mol. The highest BCUT2D eigenvalue weighted by molar-refractivity contribution is 5.89. The maximum Gasteiger partial charge on any atom is 0.261 e. The van der Waals surface area contributed by atoms with Crippen LogP contribution < -0.4 is 10.9 Å². The van der Waals surface area contributed by atoms with Gasteiger partial charge in [0.1, 0.15) is 6.54 Å². The van der Waals surface area contributed by atoms with Crippen LogP contribution in [-0.4, -0.2) is 25.7 Å². The van der Waals surface area contributed by atoms with Crippen molar-refractivity contribution < 1.29 is 4.79 Å². The molecule has 1 aromatic carbocycles. The van der Waals surface area contributed by atoms with Crippen molar-refractivity contribution in [2.75, 3.05) is 5.32 Å². The highest BCUT2D eigenvalue weighted by Crippen LogP contribution is 2.14. The predicted octanol–water partition coefficient (Wildman–Crippen LogP) is 1.88. The molecular formula is C16H17N5O2. The van der Waals surface area contributed by atoms with Gasteiger partial charge < -0.3 is 5.32 Å². The van der Waals surface area contributed by atoms with Crippen molar-refractivity contribution in [1.29, 1.82) is 0 Å². The second-order valence-electron chi connectivity index (χ2n) is 5.61. The van der Waals surface area contributed by atoms with Gasteiger partial charge >= 0.3 is 0 Å². The Hall–Kier alpha value is -2.96. The molecular weight excluding hydrogens is 294 g/mol. The Balaban J connectivity index is 1.77. The number of rotatable bonds is 4. The Morgan fingerprint density at radius 1 is 1.35 bits per heavy atom. The van der Waals surface area contributed by atoms with E-state index in [9.17, 15) is 9.59 Å². The number of aromatic nitrogens is 4. The number of benzene rings is 1. The molecule has 118 valence electrons. The molecule has 2 heterocycles. The minimum absolute atomic E-state index is 0.111. The van der Waals surface area contributed by atoms with Crippen LogP contribution in [0.2, 0.25) is 0 Å². The van der Waals surface area contributed by atoms with Gasteiger partial charge in [0.15, 0.2) is 5.82 Å². The number of amides is 1. The fourth-order valence-electron chi connectivity index (χ4n) is 2.25. The van der Waals surface area contributed by atoms with Crippen LogP contribution in [0.1, 0.15) is 25.5 Å². The minimum Gasteiger partial charge on any atom is -0.308 e. The van der Waals surface area contributed by atoms with E-state index in [1.807, 2.05) is 19.9 Å². The Morgan fingerprint density at radius 2 is 2.13 bits per heavy atom. The van der Waals surface area contributed by atoms with Crippen LogP contribution in [0.5, 0.6) is 0 Å². The lowest BCUT2D eigenvalue weighted by atomic mass is 10.1. The number of carbonyl (C=O) groups is 1. The van der Waals surface area contributed by atoms with Crippen molar-refractivity contribution in [3.8, 4) is 0 Å². The molecule has 0 unspecified atom stereocenters. The fourth-order valence-corrected chi connectivity index (χ4v) is 2.25. The summed E-state index contributed by atoms with van der Waals surface area (Å²) >= 11 is 0. The molecule has 2 aromatic heterocycles. The van der Waals surface area contributed by atoms with Crippen LogP contribution in [0, 0.1) is 0 Å². The molecule has 1 amide bonds. The number of aromatic amines is 1. The highest BCUT2D eigenvalue weighted by atomic mass is 16.2. The Kier molecular flexibility index (Phi) is 3.92. The number of anilines is 1. The average molecular weight is 311 g/mol. The van der Waals surface area contributed by atoms with Gasteiger partial charge in [0, 0.05) is 11.8 Å². The molecule has 7 nitrogen and oxygen atoms in total. The average Bonchev–Trinajstić information content (AvgIpc) is 2.99. The summed E-state index contributed by atoms with van der Waals surface area (Å²) in [5, 5.41) is 10.1. The summed E-state index contributed by atoms with van der Waals surface area (Å²) in [5.74, 6) is 0.409. The topological polar surface area (TPSA) is 92.7 Å². The van der Waals surface area contributed by atoms with Gasteiger partial charge in [0.25, 0.3) is 5.56 Å². The van der Waals surface area contributed by atoms with Crippen molar-refractivity contribution in [2.24, 2.45) is 0 Å². The van der Waals surface area contributed by atoms with Gasteiger partial charge in [0.05, 0.1) is 17.2 Å². The van der Waals surface area contributed by atoms with Gasteiger partial charge in [-0.15, -0.1) is 0 Å². The van der Waals surface area contributed by atoms with Crippen LogP contribution in [0.15, 0.2) is 41.5 Å². The second kappa shape index (κ2) is 6.04. The molecule has 0 aliphatic rings. The number of H-pyrrole nitrogens is 1. The van der Waals surface area contributed by atoms with Crippen molar-refractivity contribution in [1.82, 2.24) is 19.7 Å². The lowest BCUT2D eigenvalue weighted by Crippen LogP contribution is -2.28. The highest BCUT2D eigenvalue weighted by Gasteiger charge is 2.10. The van der Waals surface area contributed by atoms with E-state index in [1.54, 1.807) is 24.3 Å². The van der Waals surface area contributed by atoms with Gasteiger partial charge in [-0.3, -0.25) is 19.3 Å². The van der Waals surface area contributed by atoms with E-state index >= 15 is 0 Å². The van der Waals surface area contributed by atoms with Gasteiger partial charge in [0.2, 0.25) is 5.91 Å². The van der Waals surface area contributed by atoms with Gasteiger partial charge in [-0.1, -0.05) is 26.0 Å². The van der Waals surface area contributed by atoms with Crippen LogP contribution in [0.3, 0.4) is 0 Å². The lowest BCUT2D eigenvalue weighted by Gasteiger charge is -2.06. The molecule has 0 saturated carbocycles. The summed E-state index contributed by atoms with van der Waals surface area (Å²) in [6.45, 7) is 3.94. The minimum atomic E-state index is -0.328. The van der Waals surface area contributed by atoms with Gasteiger partial charge in [-0.05, 0) is 18.1 Å². The third-order valence-electron chi connectivity index (χ3n) is 3.53. The second-order valence-corrected chi connectivity index (χ2v) is 5.61. The summed E-state index contributed by atoms with van der Waals surface area (Å²) < 4.78 is 1.29. The van der Waals surface area contributed by atoms with E-state index in [4.69, 9.17) is 0 Å². The van der Waals surface area contributed by atoms with Crippen molar-refractivity contribution >= 4 is 22.6 Å². The van der Waals surface area contributed by atoms with E-state index in [-0.39, 0.29) is 18.0 Å². The number of para-hydroxylation sites is 1. The fraction of sp³-hybridized carbons (Fsp3) is 0.250. The third-order valence-corrected chi connectivity index (χ3v) is 3.53. The summed E-state index contributed by atoms with van der Waals surface area (Å²) in [5.41, 5.74) is 1.31. The lowest BCUT2D eigenvalue weighted by molar-refractivity contribution is -0.116. The number of hydrogen-bond acceptors (Lipinski definition) is 4. The third kappa shape index (κ3) is 3.13. The molecule has 7 heteroatoms. The molecule has 3 rings (SSSR count). The first-order valence-electron chi connectivity index (χ1n) is 7.34. The Morgan fingerprint density at radius 3 is 2.87 bits per heavy atom. The Labute approximate surface area is 132 Å². The molecule has 0 spiro atoms. The van der Waals surface area contributed by atoms with Gasteiger partial charge in [-0.2, -0.15) is 5.10 Å². The monoisotopic (exact) mass is 311 g/mol. The Bertz CT molecular complexity index is 910. The maximum atomic E-state index is 12.3. The molecule has 0 aliphatic carbocycles. The quantitative estimate of drug-likeness (QED) is 0.769. The van der Waals surface area contributed by atoms with Crippen molar-refractivity contribution in [3.63, 3.8) is 0 Å². The molecule has 0 saturated heterocycles. The number of nitrogens with one attached hydrogen (secondary N) is 2. The molecule has 2 N–H and O–H groups in total. The number of carbonyl (C=O) groups excluding carboxylic acids is 1. The molecule has 23 heavy (non-hydrogen) atoms. The van der Waals surface area contributed by atoms with Crippen LogP contribution in [-0.2, 0) is 11.3 Å². The number of nitrogens with zero attached hydrogens (tertiary/aromatic N) is 3. The van der Waals surface area contributed by atoms with E-state index < -0.39 is 0 Å². The van der Waals surface area contributed by atoms with Crippen LogP contribution >= 0.6 is 0 Å². The molecule has 0 radical (unpaired) electrons. The summed E-state index contributed by atoms with van der Waals surface area (Å²) in [6, 6.07) is 8.83. The SMILES string of the molecule is CC(C)c1cc(NC(=O)Cn2cnc3ccccc3c2=O)n[nH]1. The summed E-state index contributed by atoms with van der Waals surface area (Å²) in [6.07, 6.45) is 1.38. The molecule has 0 aliphatic heterocycles. The van der Waals surface area contributed by atoms with E-state index in [1.165, 1.54) is 10.9 Å². The van der Waals surface area contributed by atoms with E-state index in [2.05, 4.69) is 20.5 Å². The molecule has 0 fully saturated rings. The largest absolute Gasteiger partial charge is 0.308 e. The first kappa shape index (κ1) is 15.0. The first-order chi connectivity index (χ1) is 11.0. The van der Waals surface area contributed by atoms with Crippen LogP contribution in [0.4, 0.5) is 5.82 Å². The smallest absolute Gasteiger partial charge is 0.261 e. The zero-order chi connectivity index (χ0) is 16.4. The zero-order valence-corrected chi connectivity index (χ0v) is 12.9. The summed E-state index contributed by atoms with van der Waals surface area (Å²) in [7, 11) is 0. The standard InChI is InChI=1S/C16H17N5O2/c1-10(2)13-7-14(20-19-13)18-15(22)8-21-9-17-12-6-4-3-5-11(12)16(21)23/h3-7,9-10H,8H2,1-2H3,(H2,18,19,20,22). The van der Waals surface area contributed by atoms with Crippen LogP contribution in [0.25, 0.3) is 10.9 Å². The number of fused-ring (bicyclic) bond motifs is 1. The number of hydrogen-bond donors (Lipinski definition) is 2. The van der Waals surface area contributed by atoms with E-state index in [0.29, 0.717) is 22.6 Å². The van der Waals surface area contributed by atoms with Gasteiger partial charge in [-0.25, -0.2) is 4.98 Å². The molecule has 3 aromatic rings. The summed E-state index contributed by atoms with van der Waals surface area (Å²) in [4.78, 5) is 28.6.